The number of hydrogen-bond donors (Lipinski definition) is 3. The van der Waals surface area contributed by atoms with Crippen molar-refractivity contribution in [2.45, 2.75) is 38.8 Å². The molecule has 0 bridgehead atoms. The highest BCUT2D eigenvalue weighted by atomic mass is 16.3. The molecule has 110 valence electrons. The molecule has 20 heavy (non-hydrogen) atoms. The maximum Gasteiger partial charge on any atom is 0.221 e. The molecule has 1 saturated heterocycles. The fraction of sp³-hybridized carbons (Fsp3) is 0.562. The van der Waals surface area contributed by atoms with Crippen molar-refractivity contribution < 1.29 is 9.90 Å². The first kappa shape index (κ1) is 15.0. The Labute approximate surface area is 120 Å². The maximum absolute atomic E-state index is 11.1. The molecule has 4 nitrogen and oxygen atoms in total. The van der Waals surface area contributed by atoms with Crippen LogP contribution in [0.15, 0.2) is 24.3 Å². The molecule has 1 aliphatic heterocycles. The zero-order chi connectivity index (χ0) is 14.5. The molecule has 0 radical (unpaired) electrons. The molecule has 0 saturated carbocycles. The Morgan fingerprint density at radius 1 is 1.35 bits per heavy atom. The van der Waals surface area contributed by atoms with E-state index < -0.39 is 6.10 Å². The standard InChI is InChI=1S/C16H24N2O2/c1-11(2)7-12-3-5-13(6-4-12)15(19)10-17-14-8-16(20)18-9-14/h3-6,11,14-15,17,19H,7-10H2,1-2H3,(H,18,20). The molecule has 1 aromatic rings. The predicted octanol–water partition coefficient (Wildman–Crippen LogP) is 1.40. The molecule has 4 heteroatoms. The smallest absolute Gasteiger partial charge is 0.221 e. The molecule has 1 aliphatic rings. The van der Waals surface area contributed by atoms with Gasteiger partial charge in [-0.25, -0.2) is 0 Å². The second kappa shape index (κ2) is 6.86. The third-order valence-electron chi connectivity index (χ3n) is 3.59. The van der Waals surface area contributed by atoms with Crippen molar-refractivity contribution in [1.82, 2.24) is 10.6 Å². The largest absolute Gasteiger partial charge is 0.387 e. The van der Waals surface area contributed by atoms with Crippen molar-refractivity contribution in [1.29, 1.82) is 0 Å². The van der Waals surface area contributed by atoms with Crippen LogP contribution in [0.5, 0.6) is 0 Å². The van der Waals surface area contributed by atoms with Crippen LogP contribution in [-0.4, -0.2) is 30.1 Å². The topological polar surface area (TPSA) is 61.4 Å². The van der Waals surface area contributed by atoms with Crippen LogP contribution in [0.3, 0.4) is 0 Å². The fourth-order valence-corrected chi connectivity index (χ4v) is 2.49. The van der Waals surface area contributed by atoms with Gasteiger partial charge in [-0.05, 0) is 23.5 Å². The summed E-state index contributed by atoms with van der Waals surface area (Å²) in [7, 11) is 0. The van der Waals surface area contributed by atoms with Crippen molar-refractivity contribution in [3.05, 3.63) is 35.4 Å². The van der Waals surface area contributed by atoms with Crippen LogP contribution >= 0.6 is 0 Å². The summed E-state index contributed by atoms with van der Waals surface area (Å²) in [5, 5.41) is 16.2. The van der Waals surface area contributed by atoms with Crippen LogP contribution in [0, 0.1) is 5.92 Å². The molecule has 1 heterocycles. The van der Waals surface area contributed by atoms with Crippen molar-refractivity contribution in [3.63, 3.8) is 0 Å². The number of benzene rings is 1. The van der Waals surface area contributed by atoms with E-state index in [0.717, 1.165) is 12.0 Å². The van der Waals surface area contributed by atoms with Gasteiger partial charge in [0.2, 0.25) is 5.91 Å². The van der Waals surface area contributed by atoms with E-state index in [4.69, 9.17) is 0 Å². The van der Waals surface area contributed by atoms with Gasteiger partial charge < -0.3 is 15.7 Å². The van der Waals surface area contributed by atoms with E-state index in [1.54, 1.807) is 0 Å². The molecule has 1 fully saturated rings. The Morgan fingerprint density at radius 2 is 2.05 bits per heavy atom. The Balaban J connectivity index is 1.82. The first-order chi connectivity index (χ1) is 9.54. The molecule has 2 atom stereocenters. The number of carbonyl (C=O) groups is 1. The number of nitrogens with one attached hydrogen (secondary N) is 2. The molecular formula is C16H24N2O2. The monoisotopic (exact) mass is 276 g/mol. The third kappa shape index (κ3) is 4.32. The first-order valence-corrected chi connectivity index (χ1v) is 7.31. The van der Waals surface area contributed by atoms with Gasteiger partial charge in [0.15, 0.2) is 0 Å². The summed E-state index contributed by atoms with van der Waals surface area (Å²) in [6.45, 7) is 5.52. The van der Waals surface area contributed by atoms with Crippen LogP contribution in [0.2, 0.25) is 0 Å². The lowest BCUT2D eigenvalue weighted by atomic mass is 10.00. The summed E-state index contributed by atoms with van der Waals surface area (Å²) in [5.41, 5.74) is 2.22. The normalized spacial score (nSPS) is 20.2. The predicted molar refractivity (Wildman–Crippen MR) is 79.4 cm³/mol. The van der Waals surface area contributed by atoms with Crippen molar-refractivity contribution >= 4 is 5.91 Å². The zero-order valence-corrected chi connectivity index (χ0v) is 12.2. The van der Waals surface area contributed by atoms with Gasteiger partial charge in [-0.2, -0.15) is 0 Å². The Kier molecular flexibility index (Phi) is 5.15. The van der Waals surface area contributed by atoms with Crippen LogP contribution < -0.4 is 10.6 Å². The third-order valence-corrected chi connectivity index (χ3v) is 3.59. The number of amides is 1. The van der Waals surface area contributed by atoms with Gasteiger partial charge in [0, 0.05) is 25.6 Å². The zero-order valence-electron chi connectivity index (χ0n) is 12.2. The van der Waals surface area contributed by atoms with Gasteiger partial charge >= 0.3 is 0 Å². The van der Waals surface area contributed by atoms with E-state index in [-0.39, 0.29) is 11.9 Å². The molecule has 2 rings (SSSR count). The summed E-state index contributed by atoms with van der Waals surface area (Å²) in [4.78, 5) is 11.1. The van der Waals surface area contributed by atoms with Crippen molar-refractivity contribution in [2.75, 3.05) is 13.1 Å². The SMILES string of the molecule is CC(C)Cc1ccc(C(O)CNC2CNC(=O)C2)cc1. The highest BCUT2D eigenvalue weighted by molar-refractivity contribution is 5.78. The summed E-state index contributed by atoms with van der Waals surface area (Å²) >= 11 is 0. The summed E-state index contributed by atoms with van der Waals surface area (Å²) in [5.74, 6) is 0.717. The minimum atomic E-state index is -0.529. The van der Waals surface area contributed by atoms with Gasteiger partial charge in [-0.15, -0.1) is 0 Å². The lowest BCUT2D eigenvalue weighted by molar-refractivity contribution is -0.119. The molecule has 3 N–H and O–H groups in total. The summed E-state index contributed by atoms with van der Waals surface area (Å²) in [6, 6.07) is 8.28. The molecular weight excluding hydrogens is 252 g/mol. The maximum atomic E-state index is 11.1. The second-order valence-electron chi connectivity index (χ2n) is 5.97. The summed E-state index contributed by atoms with van der Waals surface area (Å²) in [6.07, 6.45) is 1.03. The first-order valence-electron chi connectivity index (χ1n) is 7.31. The molecule has 2 unspecified atom stereocenters. The van der Waals surface area contributed by atoms with E-state index >= 15 is 0 Å². The van der Waals surface area contributed by atoms with E-state index in [0.29, 0.717) is 25.4 Å². The quantitative estimate of drug-likeness (QED) is 0.736. The number of rotatable bonds is 6. The van der Waals surface area contributed by atoms with Crippen LogP contribution in [0.4, 0.5) is 0 Å². The van der Waals surface area contributed by atoms with Gasteiger partial charge in [0.1, 0.15) is 0 Å². The highest BCUT2D eigenvalue weighted by Gasteiger charge is 2.21. The van der Waals surface area contributed by atoms with Crippen LogP contribution in [0.1, 0.15) is 37.5 Å². The van der Waals surface area contributed by atoms with E-state index in [1.807, 2.05) is 12.1 Å². The van der Waals surface area contributed by atoms with E-state index in [1.165, 1.54) is 5.56 Å². The van der Waals surface area contributed by atoms with Crippen molar-refractivity contribution in [2.24, 2.45) is 5.92 Å². The average Bonchev–Trinajstić information content (AvgIpc) is 2.82. The van der Waals surface area contributed by atoms with Gasteiger partial charge in [-0.1, -0.05) is 38.1 Å². The van der Waals surface area contributed by atoms with Crippen molar-refractivity contribution in [3.8, 4) is 0 Å². The molecule has 0 aliphatic carbocycles. The highest BCUT2D eigenvalue weighted by Crippen LogP contribution is 2.15. The fourth-order valence-electron chi connectivity index (χ4n) is 2.49. The van der Waals surface area contributed by atoms with E-state index in [2.05, 4.69) is 36.6 Å². The summed E-state index contributed by atoms with van der Waals surface area (Å²) < 4.78 is 0. The number of hydrogen-bond acceptors (Lipinski definition) is 3. The van der Waals surface area contributed by atoms with Crippen LogP contribution in [-0.2, 0) is 11.2 Å². The Morgan fingerprint density at radius 3 is 2.60 bits per heavy atom. The van der Waals surface area contributed by atoms with E-state index in [9.17, 15) is 9.90 Å². The molecule has 0 spiro atoms. The lowest BCUT2D eigenvalue weighted by Gasteiger charge is -2.16. The van der Waals surface area contributed by atoms with Gasteiger partial charge in [-0.3, -0.25) is 4.79 Å². The average molecular weight is 276 g/mol. The number of aliphatic hydroxyl groups is 1. The number of aliphatic hydroxyl groups excluding tert-OH is 1. The van der Waals surface area contributed by atoms with Crippen LogP contribution in [0.25, 0.3) is 0 Å². The minimum absolute atomic E-state index is 0.0787. The lowest BCUT2D eigenvalue weighted by Crippen LogP contribution is -2.34. The number of carbonyl (C=O) groups excluding carboxylic acids is 1. The Hall–Kier alpha value is -1.39. The molecule has 1 aromatic carbocycles. The minimum Gasteiger partial charge on any atom is -0.387 e. The van der Waals surface area contributed by atoms with Gasteiger partial charge in [0.05, 0.1) is 6.10 Å². The molecule has 0 aromatic heterocycles. The van der Waals surface area contributed by atoms with Gasteiger partial charge in [0.25, 0.3) is 0 Å². The molecule has 1 amide bonds. The second-order valence-corrected chi connectivity index (χ2v) is 5.97. The Bertz CT molecular complexity index is 442.